The number of nitrogens with zero attached hydrogens (tertiary/aromatic N) is 2. The molecule has 0 aliphatic carbocycles. The number of rotatable bonds is 2. The summed E-state index contributed by atoms with van der Waals surface area (Å²) in [6.45, 7) is 0. The zero-order valence-corrected chi connectivity index (χ0v) is 8.61. The number of benzene rings is 1. The van der Waals surface area contributed by atoms with E-state index in [2.05, 4.69) is 15.3 Å². The predicted octanol–water partition coefficient (Wildman–Crippen LogP) is 1.66. The minimum Gasteiger partial charge on any atom is -0.393 e. The first-order chi connectivity index (χ1) is 8.08. The van der Waals surface area contributed by atoms with Crippen LogP contribution >= 0.6 is 0 Å². The Hall–Kier alpha value is -2.44. The molecule has 0 bridgehead atoms. The molecule has 2 aromatic rings. The first-order valence-corrected chi connectivity index (χ1v) is 4.66. The van der Waals surface area contributed by atoms with E-state index in [4.69, 9.17) is 11.5 Å². The van der Waals surface area contributed by atoms with Crippen LogP contribution in [0.5, 0.6) is 0 Å². The smallest absolute Gasteiger partial charge is 0.159 e. The monoisotopic (exact) mass is 237 g/mol. The van der Waals surface area contributed by atoms with Gasteiger partial charge in [-0.15, -0.1) is 0 Å². The van der Waals surface area contributed by atoms with Gasteiger partial charge in [-0.25, -0.2) is 18.7 Å². The molecule has 0 fully saturated rings. The van der Waals surface area contributed by atoms with Crippen LogP contribution in [0.2, 0.25) is 0 Å². The van der Waals surface area contributed by atoms with Crippen molar-refractivity contribution in [2.75, 3.05) is 16.8 Å². The van der Waals surface area contributed by atoms with Gasteiger partial charge >= 0.3 is 0 Å². The van der Waals surface area contributed by atoms with Gasteiger partial charge < -0.3 is 16.8 Å². The van der Waals surface area contributed by atoms with E-state index in [1.807, 2.05) is 0 Å². The fourth-order valence-electron chi connectivity index (χ4n) is 1.23. The Morgan fingerprint density at radius 3 is 2.65 bits per heavy atom. The van der Waals surface area contributed by atoms with Gasteiger partial charge in [0.05, 0.1) is 5.69 Å². The van der Waals surface area contributed by atoms with Crippen LogP contribution < -0.4 is 16.8 Å². The summed E-state index contributed by atoms with van der Waals surface area (Å²) in [4.78, 5) is 7.44. The van der Waals surface area contributed by atoms with Crippen molar-refractivity contribution in [3.8, 4) is 0 Å². The molecule has 88 valence electrons. The summed E-state index contributed by atoms with van der Waals surface area (Å²) in [7, 11) is 0. The molecule has 0 unspecified atom stereocenters. The molecule has 0 aliphatic rings. The van der Waals surface area contributed by atoms with E-state index in [0.717, 1.165) is 18.2 Å². The third-order valence-corrected chi connectivity index (χ3v) is 2.10. The van der Waals surface area contributed by atoms with Gasteiger partial charge in [0, 0.05) is 6.07 Å². The van der Waals surface area contributed by atoms with E-state index in [0.29, 0.717) is 0 Å². The van der Waals surface area contributed by atoms with Crippen molar-refractivity contribution < 1.29 is 8.78 Å². The highest BCUT2D eigenvalue weighted by Gasteiger charge is 2.09. The van der Waals surface area contributed by atoms with Crippen LogP contribution in [0, 0.1) is 11.6 Å². The standard InChI is InChI=1S/C10H9F2N5/c11-5-1-2-6(12)7(3-5)17-10-8(13)9(14)15-4-16-10/h1-4H,13H2,(H3,14,15,16,17). The maximum Gasteiger partial charge on any atom is 0.159 e. The largest absolute Gasteiger partial charge is 0.393 e. The molecular weight excluding hydrogens is 228 g/mol. The molecule has 0 radical (unpaired) electrons. The molecular formula is C10H9F2N5. The minimum atomic E-state index is -0.622. The van der Waals surface area contributed by atoms with Gasteiger partial charge in [0.2, 0.25) is 0 Å². The summed E-state index contributed by atoms with van der Waals surface area (Å²) in [6.07, 6.45) is 1.17. The topological polar surface area (TPSA) is 89.8 Å². The number of anilines is 4. The van der Waals surface area contributed by atoms with E-state index < -0.39 is 11.6 Å². The van der Waals surface area contributed by atoms with Gasteiger partial charge in [-0.1, -0.05) is 0 Å². The highest BCUT2D eigenvalue weighted by atomic mass is 19.1. The Kier molecular flexibility index (Phi) is 2.73. The number of hydrogen-bond donors (Lipinski definition) is 3. The zero-order chi connectivity index (χ0) is 12.4. The molecule has 1 aromatic heterocycles. The molecule has 0 spiro atoms. The quantitative estimate of drug-likeness (QED) is 0.739. The number of halogens is 2. The van der Waals surface area contributed by atoms with E-state index in [1.165, 1.54) is 6.33 Å². The van der Waals surface area contributed by atoms with Gasteiger partial charge in [0.1, 0.15) is 23.6 Å². The second kappa shape index (κ2) is 4.20. The Labute approximate surface area is 95.5 Å². The zero-order valence-electron chi connectivity index (χ0n) is 8.61. The summed E-state index contributed by atoms with van der Waals surface area (Å²) >= 11 is 0. The number of nitrogens with two attached hydrogens (primary N) is 2. The molecule has 0 saturated carbocycles. The lowest BCUT2D eigenvalue weighted by Gasteiger charge is -2.09. The van der Waals surface area contributed by atoms with Crippen molar-refractivity contribution in [1.29, 1.82) is 0 Å². The molecule has 1 aromatic carbocycles. The molecule has 0 aliphatic heterocycles. The number of hydrogen-bond acceptors (Lipinski definition) is 5. The first kappa shape index (κ1) is 11.1. The Morgan fingerprint density at radius 2 is 1.88 bits per heavy atom. The molecule has 0 saturated heterocycles. The summed E-state index contributed by atoms with van der Waals surface area (Å²) in [6, 6.07) is 3.00. The van der Waals surface area contributed by atoms with Crippen LogP contribution in [0.25, 0.3) is 0 Å². The summed E-state index contributed by atoms with van der Waals surface area (Å²) in [5.41, 5.74) is 11.1. The molecule has 0 atom stereocenters. The van der Waals surface area contributed by atoms with Crippen LogP contribution in [0.4, 0.5) is 31.8 Å². The molecule has 17 heavy (non-hydrogen) atoms. The second-order valence-corrected chi connectivity index (χ2v) is 3.27. The minimum absolute atomic E-state index is 0.0688. The third kappa shape index (κ3) is 2.22. The average molecular weight is 237 g/mol. The predicted molar refractivity (Wildman–Crippen MR) is 60.5 cm³/mol. The van der Waals surface area contributed by atoms with Crippen molar-refractivity contribution >= 4 is 23.0 Å². The average Bonchev–Trinajstić information content (AvgIpc) is 2.30. The molecule has 5 N–H and O–H groups in total. The van der Waals surface area contributed by atoms with Crippen molar-refractivity contribution in [1.82, 2.24) is 9.97 Å². The molecule has 5 nitrogen and oxygen atoms in total. The van der Waals surface area contributed by atoms with Gasteiger partial charge in [0.25, 0.3) is 0 Å². The van der Waals surface area contributed by atoms with E-state index >= 15 is 0 Å². The third-order valence-electron chi connectivity index (χ3n) is 2.10. The number of aromatic nitrogens is 2. The van der Waals surface area contributed by atoms with Crippen LogP contribution in [0.15, 0.2) is 24.5 Å². The first-order valence-electron chi connectivity index (χ1n) is 4.66. The van der Waals surface area contributed by atoms with Gasteiger partial charge in [-0.3, -0.25) is 0 Å². The second-order valence-electron chi connectivity index (χ2n) is 3.27. The van der Waals surface area contributed by atoms with E-state index in [-0.39, 0.29) is 23.0 Å². The molecule has 1 heterocycles. The van der Waals surface area contributed by atoms with Crippen LogP contribution in [0.3, 0.4) is 0 Å². The maximum absolute atomic E-state index is 13.3. The Balaban J connectivity index is 2.38. The highest BCUT2D eigenvalue weighted by Crippen LogP contribution is 2.25. The van der Waals surface area contributed by atoms with Gasteiger partial charge in [-0.2, -0.15) is 0 Å². The lowest BCUT2D eigenvalue weighted by Crippen LogP contribution is -2.05. The van der Waals surface area contributed by atoms with Crippen LogP contribution in [0.1, 0.15) is 0 Å². The van der Waals surface area contributed by atoms with Crippen LogP contribution in [-0.2, 0) is 0 Å². The number of nitrogen functional groups attached to an aromatic ring is 2. The van der Waals surface area contributed by atoms with Gasteiger partial charge in [0.15, 0.2) is 11.6 Å². The normalized spacial score (nSPS) is 10.2. The fourth-order valence-corrected chi connectivity index (χ4v) is 1.23. The lowest BCUT2D eigenvalue weighted by atomic mass is 10.3. The fraction of sp³-hybridized carbons (Fsp3) is 0. The number of nitrogens with one attached hydrogen (secondary N) is 1. The van der Waals surface area contributed by atoms with Gasteiger partial charge in [-0.05, 0) is 12.1 Å². The molecule has 7 heteroatoms. The molecule has 2 rings (SSSR count). The summed E-state index contributed by atoms with van der Waals surface area (Å²) in [5, 5.41) is 2.55. The Bertz CT molecular complexity index is 558. The van der Waals surface area contributed by atoms with Crippen molar-refractivity contribution in [2.45, 2.75) is 0 Å². The lowest BCUT2D eigenvalue weighted by molar-refractivity contribution is 0.603. The SMILES string of the molecule is Nc1ncnc(Nc2cc(F)ccc2F)c1N. The van der Waals surface area contributed by atoms with Crippen molar-refractivity contribution in [3.63, 3.8) is 0 Å². The van der Waals surface area contributed by atoms with E-state index in [9.17, 15) is 8.78 Å². The van der Waals surface area contributed by atoms with Crippen molar-refractivity contribution in [2.24, 2.45) is 0 Å². The Morgan fingerprint density at radius 1 is 1.12 bits per heavy atom. The van der Waals surface area contributed by atoms with Crippen molar-refractivity contribution in [3.05, 3.63) is 36.2 Å². The summed E-state index contributed by atoms with van der Waals surface area (Å²) < 4.78 is 26.3. The molecule has 0 amide bonds. The van der Waals surface area contributed by atoms with Crippen LogP contribution in [-0.4, -0.2) is 9.97 Å². The summed E-state index contributed by atoms with van der Waals surface area (Å²) in [5.74, 6) is -1.00. The highest BCUT2D eigenvalue weighted by molar-refractivity contribution is 5.76. The maximum atomic E-state index is 13.3. The van der Waals surface area contributed by atoms with E-state index in [1.54, 1.807) is 0 Å².